The van der Waals surface area contributed by atoms with Crippen molar-refractivity contribution in [2.24, 2.45) is 0 Å². The van der Waals surface area contributed by atoms with Crippen LogP contribution in [0.3, 0.4) is 0 Å². The summed E-state index contributed by atoms with van der Waals surface area (Å²) >= 11 is 0. The molecule has 0 aromatic heterocycles. The van der Waals surface area contributed by atoms with E-state index in [1.54, 1.807) is 24.3 Å². The zero-order chi connectivity index (χ0) is 16.3. The van der Waals surface area contributed by atoms with Gasteiger partial charge in [0.15, 0.2) is 0 Å². The van der Waals surface area contributed by atoms with Gasteiger partial charge >= 0.3 is 0 Å². The maximum absolute atomic E-state index is 12.5. The quantitative estimate of drug-likeness (QED) is 0.896. The van der Waals surface area contributed by atoms with Crippen LogP contribution in [0, 0.1) is 11.3 Å². The number of nitrogens with zero attached hydrogens (tertiary/aromatic N) is 1. The predicted octanol–water partition coefficient (Wildman–Crippen LogP) is 2.54. The van der Waals surface area contributed by atoms with Crippen LogP contribution in [-0.4, -0.2) is 23.4 Å². The Morgan fingerprint density at radius 3 is 2.35 bits per heavy atom. The topological polar surface area (TPSA) is 82.0 Å². The number of benzene rings is 1. The van der Waals surface area contributed by atoms with E-state index < -0.39 is 5.54 Å². The van der Waals surface area contributed by atoms with Crippen molar-refractivity contribution in [3.63, 3.8) is 0 Å². The number of amides is 2. The molecule has 0 spiro atoms. The molecular formula is C18H21N3O2. The second-order valence-corrected chi connectivity index (χ2v) is 6.54. The average Bonchev–Trinajstić information content (AvgIpc) is 3.39. The number of nitriles is 1. The summed E-state index contributed by atoms with van der Waals surface area (Å²) in [6.45, 7) is 0. The van der Waals surface area contributed by atoms with E-state index in [9.17, 15) is 14.9 Å². The summed E-state index contributed by atoms with van der Waals surface area (Å²) in [6.07, 6.45) is 6.45. The van der Waals surface area contributed by atoms with Gasteiger partial charge in [0.1, 0.15) is 5.54 Å². The molecule has 5 nitrogen and oxygen atoms in total. The summed E-state index contributed by atoms with van der Waals surface area (Å²) in [7, 11) is 0. The van der Waals surface area contributed by atoms with E-state index in [4.69, 9.17) is 0 Å². The molecule has 0 radical (unpaired) electrons. The minimum atomic E-state index is -0.762. The van der Waals surface area contributed by atoms with Gasteiger partial charge in [0.2, 0.25) is 0 Å². The normalized spacial score (nSPS) is 19.4. The molecular weight excluding hydrogens is 290 g/mol. The maximum atomic E-state index is 12.5. The lowest BCUT2D eigenvalue weighted by molar-refractivity contribution is 0.0902. The van der Waals surface area contributed by atoms with E-state index in [2.05, 4.69) is 16.7 Å². The Kier molecular flexibility index (Phi) is 4.33. The third-order valence-electron chi connectivity index (χ3n) is 4.57. The molecule has 1 aromatic rings. The van der Waals surface area contributed by atoms with Gasteiger partial charge in [0, 0.05) is 17.2 Å². The first-order valence-corrected chi connectivity index (χ1v) is 8.27. The number of nitrogens with one attached hydrogen (secondary N) is 2. The maximum Gasteiger partial charge on any atom is 0.252 e. The molecule has 2 aliphatic carbocycles. The molecule has 3 rings (SSSR count). The van der Waals surface area contributed by atoms with Crippen molar-refractivity contribution in [1.82, 2.24) is 10.6 Å². The van der Waals surface area contributed by atoms with Crippen molar-refractivity contribution in [2.45, 2.75) is 56.5 Å². The fourth-order valence-electron chi connectivity index (χ4n) is 3.01. The van der Waals surface area contributed by atoms with Crippen LogP contribution in [0.15, 0.2) is 24.3 Å². The van der Waals surface area contributed by atoms with Crippen molar-refractivity contribution in [2.75, 3.05) is 0 Å². The molecule has 2 saturated carbocycles. The van der Waals surface area contributed by atoms with Crippen LogP contribution in [0.1, 0.15) is 65.7 Å². The monoisotopic (exact) mass is 311 g/mol. The summed E-state index contributed by atoms with van der Waals surface area (Å²) in [4.78, 5) is 24.6. The van der Waals surface area contributed by atoms with E-state index >= 15 is 0 Å². The van der Waals surface area contributed by atoms with Gasteiger partial charge < -0.3 is 10.6 Å². The standard InChI is InChI=1S/C18H21N3O2/c19-12-18(9-2-1-3-10-18)21-17(23)14-6-4-5-13(11-14)16(22)20-15-7-8-15/h4-6,11,15H,1-3,7-10H2,(H,20,22)(H,21,23). The molecule has 5 heteroatoms. The van der Waals surface area contributed by atoms with Crippen LogP contribution >= 0.6 is 0 Å². The Hall–Kier alpha value is -2.35. The molecule has 23 heavy (non-hydrogen) atoms. The molecule has 1 aromatic carbocycles. The molecule has 2 N–H and O–H groups in total. The first-order valence-electron chi connectivity index (χ1n) is 8.27. The van der Waals surface area contributed by atoms with Gasteiger partial charge in [-0.1, -0.05) is 25.3 Å². The van der Waals surface area contributed by atoms with E-state index in [1.807, 2.05) is 0 Å². The Morgan fingerprint density at radius 2 is 1.74 bits per heavy atom. The van der Waals surface area contributed by atoms with Gasteiger partial charge in [-0.15, -0.1) is 0 Å². The summed E-state index contributed by atoms with van der Waals surface area (Å²) in [5.74, 6) is -0.427. The molecule has 0 atom stereocenters. The highest BCUT2D eigenvalue weighted by molar-refractivity contribution is 6.00. The van der Waals surface area contributed by atoms with Crippen LogP contribution in [0.4, 0.5) is 0 Å². The van der Waals surface area contributed by atoms with Crippen molar-refractivity contribution in [3.8, 4) is 6.07 Å². The minimum absolute atomic E-state index is 0.144. The zero-order valence-corrected chi connectivity index (χ0v) is 13.1. The van der Waals surface area contributed by atoms with E-state index in [1.165, 1.54) is 0 Å². The smallest absolute Gasteiger partial charge is 0.252 e. The first kappa shape index (κ1) is 15.5. The molecule has 0 heterocycles. The van der Waals surface area contributed by atoms with Crippen LogP contribution < -0.4 is 10.6 Å². The summed E-state index contributed by atoms with van der Waals surface area (Å²) in [5, 5.41) is 15.3. The van der Waals surface area contributed by atoms with E-state index in [0.717, 1.165) is 32.1 Å². The van der Waals surface area contributed by atoms with Crippen molar-refractivity contribution >= 4 is 11.8 Å². The number of rotatable bonds is 4. The van der Waals surface area contributed by atoms with Crippen molar-refractivity contribution in [1.29, 1.82) is 5.26 Å². The van der Waals surface area contributed by atoms with Gasteiger partial charge in [-0.05, 0) is 43.9 Å². The van der Waals surface area contributed by atoms with Crippen LogP contribution in [-0.2, 0) is 0 Å². The van der Waals surface area contributed by atoms with Gasteiger partial charge in [0.05, 0.1) is 6.07 Å². The molecule has 2 aliphatic rings. The number of carbonyl (C=O) groups is 2. The minimum Gasteiger partial charge on any atom is -0.349 e. The third-order valence-corrected chi connectivity index (χ3v) is 4.57. The Labute approximate surface area is 136 Å². The van der Waals surface area contributed by atoms with Gasteiger partial charge in [-0.25, -0.2) is 0 Å². The van der Waals surface area contributed by atoms with Crippen LogP contribution in [0.25, 0.3) is 0 Å². The summed E-state index contributed by atoms with van der Waals surface area (Å²) in [5.41, 5.74) is 0.148. The third kappa shape index (κ3) is 3.70. The number of carbonyl (C=O) groups excluding carboxylic acids is 2. The van der Waals surface area contributed by atoms with Crippen molar-refractivity contribution < 1.29 is 9.59 Å². The van der Waals surface area contributed by atoms with Gasteiger partial charge in [0.25, 0.3) is 11.8 Å². The predicted molar refractivity (Wildman–Crippen MR) is 85.8 cm³/mol. The highest BCUT2D eigenvalue weighted by atomic mass is 16.2. The summed E-state index contributed by atoms with van der Waals surface area (Å²) < 4.78 is 0. The number of hydrogen-bond acceptors (Lipinski definition) is 3. The molecule has 0 aliphatic heterocycles. The Balaban J connectivity index is 1.71. The largest absolute Gasteiger partial charge is 0.349 e. The van der Waals surface area contributed by atoms with Gasteiger partial charge in [-0.3, -0.25) is 9.59 Å². The molecule has 2 fully saturated rings. The first-order chi connectivity index (χ1) is 11.1. The lowest BCUT2D eigenvalue weighted by Crippen LogP contribution is -2.48. The van der Waals surface area contributed by atoms with Crippen molar-refractivity contribution in [3.05, 3.63) is 35.4 Å². The Bertz CT molecular complexity index is 652. The fourth-order valence-corrected chi connectivity index (χ4v) is 3.01. The fraction of sp³-hybridized carbons (Fsp3) is 0.500. The molecule has 0 bridgehead atoms. The van der Waals surface area contributed by atoms with E-state index in [0.29, 0.717) is 24.0 Å². The van der Waals surface area contributed by atoms with E-state index in [-0.39, 0.29) is 17.9 Å². The second-order valence-electron chi connectivity index (χ2n) is 6.54. The Morgan fingerprint density at radius 1 is 1.09 bits per heavy atom. The average molecular weight is 311 g/mol. The molecule has 0 unspecified atom stereocenters. The van der Waals surface area contributed by atoms with Crippen LogP contribution in [0.5, 0.6) is 0 Å². The SMILES string of the molecule is N#CC1(NC(=O)c2cccc(C(=O)NC3CC3)c2)CCCCC1. The second kappa shape index (κ2) is 6.41. The number of hydrogen-bond donors (Lipinski definition) is 2. The molecule has 120 valence electrons. The molecule has 2 amide bonds. The zero-order valence-electron chi connectivity index (χ0n) is 13.1. The summed E-state index contributed by atoms with van der Waals surface area (Å²) in [6, 6.07) is 9.24. The highest BCUT2D eigenvalue weighted by Gasteiger charge is 2.34. The van der Waals surface area contributed by atoms with Gasteiger partial charge in [-0.2, -0.15) is 5.26 Å². The van der Waals surface area contributed by atoms with Crippen LogP contribution in [0.2, 0.25) is 0 Å². The lowest BCUT2D eigenvalue weighted by Gasteiger charge is -2.31. The lowest BCUT2D eigenvalue weighted by atomic mass is 9.82. The molecule has 0 saturated heterocycles. The highest BCUT2D eigenvalue weighted by Crippen LogP contribution is 2.28.